The summed E-state index contributed by atoms with van der Waals surface area (Å²) < 4.78 is 5.81. The molecule has 4 atom stereocenters. The van der Waals surface area contributed by atoms with E-state index in [4.69, 9.17) is 4.74 Å². The minimum absolute atomic E-state index is 0.0497. The van der Waals surface area contributed by atoms with Crippen LogP contribution in [0.4, 0.5) is 0 Å². The number of hydrogen-bond donors (Lipinski definition) is 2. The fourth-order valence-corrected chi connectivity index (χ4v) is 2.86. The van der Waals surface area contributed by atoms with Crippen LogP contribution < -0.4 is 4.74 Å². The summed E-state index contributed by atoms with van der Waals surface area (Å²) in [6.45, 7) is 4.39. The van der Waals surface area contributed by atoms with Crippen LogP contribution in [0.3, 0.4) is 0 Å². The van der Waals surface area contributed by atoms with Gasteiger partial charge >= 0.3 is 0 Å². The lowest BCUT2D eigenvalue weighted by atomic mass is 9.96. The normalized spacial score (nSPS) is 32.1. The fraction of sp³-hybridized carbons (Fsp3) is 0.533. The van der Waals surface area contributed by atoms with Crippen LogP contribution >= 0.6 is 0 Å². The molecule has 1 fully saturated rings. The third-order valence-corrected chi connectivity index (χ3v) is 4.32. The number of fused-ring (bicyclic) bond motifs is 1. The van der Waals surface area contributed by atoms with Crippen molar-refractivity contribution in [3.8, 4) is 5.75 Å². The van der Waals surface area contributed by atoms with Gasteiger partial charge in [-0.3, -0.25) is 4.79 Å². The predicted octanol–water partition coefficient (Wildman–Crippen LogP) is 0.749. The van der Waals surface area contributed by atoms with E-state index in [1.54, 1.807) is 6.07 Å². The van der Waals surface area contributed by atoms with Gasteiger partial charge in [0.15, 0.2) is 0 Å². The molecule has 3 rings (SSSR count). The molecule has 0 saturated carbocycles. The number of carbonyl (C=O) groups excluding carboxylic acids is 1. The third-order valence-electron chi connectivity index (χ3n) is 4.32. The summed E-state index contributed by atoms with van der Waals surface area (Å²) in [6, 6.07) is 5.57. The minimum atomic E-state index is -0.866. The van der Waals surface area contributed by atoms with Crippen LogP contribution in [-0.2, 0) is 0 Å². The number of likely N-dealkylation sites (tertiary alicyclic amines) is 1. The Morgan fingerprint density at radius 3 is 2.55 bits per heavy atom. The van der Waals surface area contributed by atoms with Crippen LogP contribution in [-0.4, -0.2) is 52.4 Å². The van der Waals surface area contributed by atoms with Gasteiger partial charge in [-0.15, -0.1) is 0 Å². The number of aliphatic hydroxyl groups excluding tert-OH is 2. The Morgan fingerprint density at radius 1 is 1.25 bits per heavy atom. The Bertz CT molecular complexity index is 535. The van der Waals surface area contributed by atoms with E-state index in [9.17, 15) is 15.0 Å². The van der Waals surface area contributed by atoms with Gasteiger partial charge < -0.3 is 19.8 Å². The number of carbonyl (C=O) groups is 1. The lowest BCUT2D eigenvalue weighted by Crippen LogP contribution is -2.30. The number of ether oxygens (including phenoxy) is 1. The van der Waals surface area contributed by atoms with Gasteiger partial charge in [0.2, 0.25) is 0 Å². The van der Waals surface area contributed by atoms with Crippen molar-refractivity contribution in [2.24, 2.45) is 0 Å². The van der Waals surface area contributed by atoms with Crippen LogP contribution in [0.2, 0.25) is 0 Å². The van der Waals surface area contributed by atoms with Gasteiger partial charge in [0, 0.05) is 24.6 Å². The first kappa shape index (κ1) is 13.4. The molecule has 0 bridgehead atoms. The largest absolute Gasteiger partial charge is 0.489 e. The third kappa shape index (κ3) is 1.98. The van der Waals surface area contributed by atoms with Crippen molar-refractivity contribution >= 4 is 5.91 Å². The smallest absolute Gasteiger partial charge is 0.257 e. The zero-order chi connectivity index (χ0) is 14.4. The Hall–Kier alpha value is -1.59. The van der Waals surface area contributed by atoms with E-state index < -0.39 is 12.2 Å². The highest BCUT2D eigenvalue weighted by molar-refractivity contribution is 5.98. The quantitative estimate of drug-likeness (QED) is 0.794. The number of para-hydroxylation sites is 1. The molecule has 108 valence electrons. The zero-order valence-electron chi connectivity index (χ0n) is 11.6. The van der Waals surface area contributed by atoms with E-state index in [1.807, 2.05) is 19.1 Å². The van der Waals surface area contributed by atoms with Crippen molar-refractivity contribution in [2.75, 3.05) is 13.1 Å². The number of benzene rings is 1. The maximum absolute atomic E-state index is 12.5. The minimum Gasteiger partial charge on any atom is -0.489 e. The van der Waals surface area contributed by atoms with Crippen molar-refractivity contribution in [1.82, 2.24) is 4.90 Å². The topological polar surface area (TPSA) is 70.0 Å². The molecule has 20 heavy (non-hydrogen) atoms. The summed E-state index contributed by atoms with van der Waals surface area (Å²) in [5, 5.41) is 19.1. The monoisotopic (exact) mass is 277 g/mol. The first-order valence-electron chi connectivity index (χ1n) is 6.94. The maximum atomic E-state index is 12.5. The van der Waals surface area contributed by atoms with Crippen molar-refractivity contribution in [3.63, 3.8) is 0 Å². The Morgan fingerprint density at radius 2 is 1.90 bits per heavy atom. The molecule has 0 radical (unpaired) electrons. The molecule has 2 heterocycles. The molecule has 2 N–H and O–H groups in total. The van der Waals surface area contributed by atoms with Crippen LogP contribution in [0.1, 0.15) is 35.7 Å². The molecule has 1 aromatic rings. The number of nitrogens with zero attached hydrogens (tertiary/aromatic N) is 1. The molecule has 2 aliphatic rings. The van der Waals surface area contributed by atoms with Gasteiger partial charge in [-0.2, -0.15) is 0 Å². The SMILES string of the molecule is CC1Oc2c(C(=O)N3CC(O)C(O)C3)cccc2C1C. The first-order valence-corrected chi connectivity index (χ1v) is 6.94. The van der Waals surface area contributed by atoms with E-state index in [0.29, 0.717) is 11.3 Å². The van der Waals surface area contributed by atoms with Crippen LogP contribution in [0.15, 0.2) is 18.2 Å². The van der Waals surface area contributed by atoms with E-state index in [2.05, 4.69) is 6.92 Å². The molecule has 0 aliphatic carbocycles. The van der Waals surface area contributed by atoms with Crippen molar-refractivity contribution in [1.29, 1.82) is 0 Å². The van der Waals surface area contributed by atoms with Gasteiger partial charge in [0.25, 0.3) is 5.91 Å². The fourth-order valence-electron chi connectivity index (χ4n) is 2.86. The van der Waals surface area contributed by atoms with E-state index in [-0.39, 0.29) is 31.0 Å². The lowest BCUT2D eigenvalue weighted by molar-refractivity contribution is 0.0572. The van der Waals surface area contributed by atoms with Crippen molar-refractivity contribution in [2.45, 2.75) is 38.1 Å². The summed E-state index contributed by atoms with van der Waals surface area (Å²) >= 11 is 0. The highest BCUT2D eigenvalue weighted by Crippen LogP contribution is 2.40. The van der Waals surface area contributed by atoms with E-state index in [0.717, 1.165) is 5.56 Å². The average Bonchev–Trinajstić information content (AvgIpc) is 2.91. The highest BCUT2D eigenvalue weighted by atomic mass is 16.5. The molecule has 0 aromatic heterocycles. The standard InChI is InChI=1S/C15H19NO4/c1-8-9(2)20-14-10(8)4-3-5-11(14)15(19)16-6-12(17)13(18)7-16/h3-5,8-9,12-13,17-18H,6-7H2,1-2H3. The van der Waals surface area contributed by atoms with E-state index >= 15 is 0 Å². The number of rotatable bonds is 1. The first-order chi connectivity index (χ1) is 9.49. The van der Waals surface area contributed by atoms with Crippen LogP contribution in [0.5, 0.6) is 5.75 Å². The Balaban J connectivity index is 1.91. The number of aliphatic hydroxyl groups is 2. The zero-order valence-corrected chi connectivity index (χ0v) is 11.6. The second kappa shape index (κ2) is 4.75. The molecule has 1 amide bonds. The molecular formula is C15H19NO4. The molecule has 5 heteroatoms. The van der Waals surface area contributed by atoms with E-state index in [1.165, 1.54) is 4.90 Å². The molecule has 0 spiro atoms. The van der Waals surface area contributed by atoms with Crippen LogP contribution in [0, 0.1) is 0 Å². The number of β-amino-alcohol motifs (C(OH)–C–C–N with tert-alkyl or cyclic N) is 2. The summed E-state index contributed by atoms with van der Waals surface area (Å²) in [6.07, 6.45) is -1.68. The lowest BCUT2D eigenvalue weighted by Gasteiger charge is -2.17. The molecule has 5 nitrogen and oxygen atoms in total. The number of amides is 1. The highest BCUT2D eigenvalue weighted by Gasteiger charge is 2.36. The molecule has 2 aliphatic heterocycles. The van der Waals surface area contributed by atoms with Crippen molar-refractivity contribution < 1.29 is 19.7 Å². The van der Waals surface area contributed by atoms with Gasteiger partial charge in [-0.1, -0.05) is 19.1 Å². The summed E-state index contributed by atoms with van der Waals surface area (Å²) in [5.41, 5.74) is 1.56. The molecular weight excluding hydrogens is 258 g/mol. The maximum Gasteiger partial charge on any atom is 0.257 e. The van der Waals surface area contributed by atoms with Gasteiger partial charge in [-0.05, 0) is 13.0 Å². The second-order valence-corrected chi connectivity index (χ2v) is 5.68. The average molecular weight is 277 g/mol. The van der Waals surface area contributed by atoms with Crippen molar-refractivity contribution in [3.05, 3.63) is 29.3 Å². The summed E-state index contributed by atoms with van der Waals surface area (Å²) in [4.78, 5) is 14.0. The predicted molar refractivity (Wildman–Crippen MR) is 72.9 cm³/mol. The summed E-state index contributed by atoms with van der Waals surface area (Å²) in [7, 11) is 0. The molecule has 1 aromatic carbocycles. The molecule has 1 saturated heterocycles. The van der Waals surface area contributed by atoms with Gasteiger partial charge in [0.1, 0.15) is 11.9 Å². The molecule has 4 unspecified atom stereocenters. The van der Waals surface area contributed by atoms with Gasteiger partial charge in [-0.25, -0.2) is 0 Å². The number of hydrogen-bond acceptors (Lipinski definition) is 4. The van der Waals surface area contributed by atoms with Crippen LogP contribution in [0.25, 0.3) is 0 Å². The second-order valence-electron chi connectivity index (χ2n) is 5.68. The summed E-state index contributed by atoms with van der Waals surface area (Å²) in [5.74, 6) is 0.708. The van der Waals surface area contributed by atoms with Gasteiger partial charge in [0.05, 0.1) is 17.8 Å². The Kier molecular flexibility index (Phi) is 3.18. The Labute approximate surface area is 117 Å².